The third-order valence-electron chi connectivity index (χ3n) is 2.38. The summed E-state index contributed by atoms with van der Waals surface area (Å²) in [4.78, 5) is 25.2. The molecule has 20 heavy (non-hydrogen) atoms. The number of carbonyl (C=O) groups excluding carboxylic acids is 1. The minimum absolute atomic E-state index is 0.123. The van der Waals surface area contributed by atoms with Crippen LogP contribution in [0.25, 0.3) is 0 Å². The maximum absolute atomic E-state index is 13.3. The highest BCUT2D eigenvalue weighted by Gasteiger charge is 2.10. The van der Waals surface area contributed by atoms with Gasteiger partial charge in [-0.1, -0.05) is 12.1 Å². The first-order valence-electron chi connectivity index (χ1n) is 5.49. The number of hydrazine groups is 1. The van der Waals surface area contributed by atoms with Crippen LogP contribution in [0.3, 0.4) is 0 Å². The Balaban J connectivity index is 2.00. The Labute approximate surface area is 112 Å². The molecule has 0 aliphatic carbocycles. The standard InChI is InChI=1S/C12H9FN4O3/c13-10-4-2-1-3-9(10)12(18)16-15-11-6-5-8(7-14-11)17(19)20/h1-7H,(H,14,15)(H,16,18). The molecule has 0 radical (unpaired) electrons. The number of pyridine rings is 1. The van der Waals surface area contributed by atoms with E-state index in [2.05, 4.69) is 15.8 Å². The van der Waals surface area contributed by atoms with Gasteiger partial charge in [0, 0.05) is 6.07 Å². The van der Waals surface area contributed by atoms with Crippen LogP contribution in [0.5, 0.6) is 0 Å². The lowest BCUT2D eigenvalue weighted by Crippen LogP contribution is -2.30. The lowest BCUT2D eigenvalue weighted by atomic mass is 10.2. The number of halogens is 1. The molecule has 2 aromatic rings. The molecular formula is C12H9FN4O3. The van der Waals surface area contributed by atoms with Crippen molar-refractivity contribution in [1.82, 2.24) is 10.4 Å². The second kappa shape index (κ2) is 5.74. The van der Waals surface area contributed by atoms with Crippen molar-refractivity contribution in [2.75, 3.05) is 5.43 Å². The van der Waals surface area contributed by atoms with Gasteiger partial charge >= 0.3 is 0 Å². The number of hydrogen-bond acceptors (Lipinski definition) is 5. The fourth-order valence-corrected chi connectivity index (χ4v) is 1.40. The number of carbonyl (C=O) groups is 1. The third kappa shape index (κ3) is 3.05. The van der Waals surface area contributed by atoms with E-state index in [4.69, 9.17) is 0 Å². The van der Waals surface area contributed by atoms with Crippen molar-refractivity contribution in [2.45, 2.75) is 0 Å². The summed E-state index contributed by atoms with van der Waals surface area (Å²) in [7, 11) is 0. The molecule has 0 spiro atoms. The van der Waals surface area contributed by atoms with E-state index < -0.39 is 16.6 Å². The fraction of sp³-hybridized carbons (Fsp3) is 0. The zero-order valence-corrected chi connectivity index (χ0v) is 10.0. The molecule has 1 heterocycles. The van der Waals surface area contributed by atoms with Crippen molar-refractivity contribution in [3.63, 3.8) is 0 Å². The van der Waals surface area contributed by atoms with Gasteiger partial charge < -0.3 is 0 Å². The molecule has 0 aliphatic rings. The van der Waals surface area contributed by atoms with Gasteiger partial charge in [0.1, 0.15) is 17.8 Å². The van der Waals surface area contributed by atoms with Gasteiger partial charge in [-0.15, -0.1) is 0 Å². The minimum atomic E-state index is -0.678. The number of rotatable bonds is 4. The molecule has 1 amide bonds. The molecule has 0 unspecified atom stereocenters. The van der Waals surface area contributed by atoms with Crippen LogP contribution in [0.2, 0.25) is 0 Å². The quantitative estimate of drug-likeness (QED) is 0.656. The predicted octanol–water partition coefficient (Wildman–Crippen LogP) is 1.89. The Morgan fingerprint density at radius 3 is 2.60 bits per heavy atom. The Morgan fingerprint density at radius 1 is 1.25 bits per heavy atom. The topological polar surface area (TPSA) is 97.2 Å². The Kier molecular flexibility index (Phi) is 3.85. The number of nitrogens with zero attached hydrogens (tertiary/aromatic N) is 2. The van der Waals surface area contributed by atoms with Crippen molar-refractivity contribution < 1.29 is 14.1 Å². The summed E-state index contributed by atoms with van der Waals surface area (Å²) in [6, 6.07) is 8.04. The highest BCUT2D eigenvalue weighted by molar-refractivity contribution is 5.95. The van der Waals surface area contributed by atoms with Crippen LogP contribution in [0.1, 0.15) is 10.4 Å². The average molecular weight is 276 g/mol. The second-order valence-corrected chi connectivity index (χ2v) is 3.72. The van der Waals surface area contributed by atoms with Crippen LogP contribution in [-0.2, 0) is 0 Å². The third-order valence-corrected chi connectivity index (χ3v) is 2.38. The molecule has 2 rings (SSSR count). The van der Waals surface area contributed by atoms with E-state index in [1.807, 2.05) is 0 Å². The van der Waals surface area contributed by atoms with Crippen molar-refractivity contribution in [3.05, 3.63) is 64.1 Å². The van der Waals surface area contributed by atoms with Gasteiger partial charge in [0.05, 0.1) is 10.5 Å². The molecule has 1 aromatic carbocycles. The molecule has 7 nitrogen and oxygen atoms in total. The summed E-state index contributed by atoms with van der Waals surface area (Å²) in [6.45, 7) is 0. The fourth-order valence-electron chi connectivity index (χ4n) is 1.40. The van der Waals surface area contributed by atoms with Crippen LogP contribution in [0.15, 0.2) is 42.6 Å². The lowest BCUT2D eigenvalue weighted by molar-refractivity contribution is -0.385. The molecule has 2 N–H and O–H groups in total. The molecule has 0 saturated heterocycles. The van der Waals surface area contributed by atoms with Gasteiger partial charge in [-0.05, 0) is 18.2 Å². The van der Waals surface area contributed by atoms with E-state index in [1.165, 1.54) is 36.4 Å². The summed E-state index contributed by atoms with van der Waals surface area (Å²) in [5, 5.41) is 10.4. The monoisotopic (exact) mass is 276 g/mol. The van der Waals surface area contributed by atoms with Gasteiger partial charge in [0.15, 0.2) is 0 Å². The number of nitro groups is 1. The Morgan fingerprint density at radius 2 is 2.00 bits per heavy atom. The lowest BCUT2D eigenvalue weighted by Gasteiger charge is -2.07. The first-order chi connectivity index (χ1) is 9.58. The van der Waals surface area contributed by atoms with E-state index in [0.717, 1.165) is 6.20 Å². The zero-order chi connectivity index (χ0) is 14.5. The van der Waals surface area contributed by atoms with Crippen LogP contribution < -0.4 is 10.9 Å². The molecule has 0 atom stereocenters. The van der Waals surface area contributed by atoms with E-state index in [0.29, 0.717) is 0 Å². The number of hydrogen-bond donors (Lipinski definition) is 2. The highest BCUT2D eigenvalue weighted by atomic mass is 19.1. The maximum atomic E-state index is 13.3. The smallest absolute Gasteiger partial charge is 0.282 e. The summed E-state index contributed by atoms with van der Waals surface area (Å²) in [6.07, 6.45) is 1.04. The first-order valence-corrected chi connectivity index (χ1v) is 5.49. The van der Waals surface area contributed by atoms with Gasteiger partial charge in [0.25, 0.3) is 11.6 Å². The molecule has 0 bridgehead atoms. The van der Waals surface area contributed by atoms with Gasteiger partial charge in [0.2, 0.25) is 0 Å². The maximum Gasteiger partial charge on any atom is 0.287 e. The SMILES string of the molecule is O=C(NNc1ccc([N+](=O)[O-])cn1)c1ccccc1F. The highest BCUT2D eigenvalue weighted by Crippen LogP contribution is 2.11. The largest absolute Gasteiger partial charge is 0.287 e. The molecule has 102 valence electrons. The van der Waals surface area contributed by atoms with Crippen LogP contribution in [0, 0.1) is 15.9 Å². The van der Waals surface area contributed by atoms with E-state index in [-0.39, 0.29) is 17.1 Å². The normalized spacial score (nSPS) is 9.85. The minimum Gasteiger partial charge on any atom is -0.282 e. The number of benzene rings is 1. The number of nitrogens with one attached hydrogen (secondary N) is 2. The van der Waals surface area contributed by atoms with Gasteiger partial charge in [-0.2, -0.15) is 0 Å². The van der Waals surface area contributed by atoms with Crippen molar-refractivity contribution in [2.24, 2.45) is 0 Å². The van der Waals surface area contributed by atoms with Crippen LogP contribution in [0.4, 0.5) is 15.9 Å². The van der Waals surface area contributed by atoms with Crippen LogP contribution >= 0.6 is 0 Å². The van der Waals surface area contributed by atoms with Crippen molar-refractivity contribution >= 4 is 17.4 Å². The Bertz CT molecular complexity index is 645. The Hall–Kier alpha value is -3.03. The number of anilines is 1. The molecule has 0 saturated carbocycles. The van der Waals surface area contributed by atoms with Gasteiger partial charge in [-0.3, -0.25) is 25.8 Å². The van der Waals surface area contributed by atoms with E-state index in [1.54, 1.807) is 0 Å². The summed E-state index contributed by atoms with van der Waals surface area (Å²) >= 11 is 0. The molecular weight excluding hydrogens is 267 g/mol. The first kappa shape index (κ1) is 13.4. The number of amides is 1. The zero-order valence-electron chi connectivity index (χ0n) is 10.0. The van der Waals surface area contributed by atoms with E-state index >= 15 is 0 Å². The van der Waals surface area contributed by atoms with Crippen LogP contribution in [-0.4, -0.2) is 15.8 Å². The van der Waals surface area contributed by atoms with Crippen molar-refractivity contribution in [1.29, 1.82) is 0 Å². The summed E-state index contributed by atoms with van der Waals surface area (Å²) in [5.74, 6) is -1.13. The second-order valence-electron chi connectivity index (χ2n) is 3.72. The van der Waals surface area contributed by atoms with Crippen molar-refractivity contribution in [3.8, 4) is 0 Å². The summed E-state index contributed by atoms with van der Waals surface area (Å²) in [5.41, 5.74) is 4.39. The van der Waals surface area contributed by atoms with E-state index in [9.17, 15) is 19.3 Å². The molecule has 1 aromatic heterocycles. The molecule has 8 heteroatoms. The molecule has 0 fully saturated rings. The predicted molar refractivity (Wildman–Crippen MR) is 68.4 cm³/mol. The average Bonchev–Trinajstić information content (AvgIpc) is 2.45. The van der Waals surface area contributed by atoms with Gasteiger partial charge in [-0.25, -0.2) is 9.37 Å². The number of aromatic nitrogens is 1. The molecule has 0 aliphatic heterocycles. The summed E-state index contributed by atoms with van der Waals surface area (Å²) < 4.78 is 13.3.